The van der Waals surface area contributed by atoms with E-state index >= 15 is 28.8 Å². The number of primary amides is 1. The predicted molar refractivity (Wildman–Crippen MR) is 435 cm³/mol. The van der Waals surface area contributed by atoms with Crippen molar-refractivity contribution in [3.63, 3.8) is 0 Å². The molecule has 4 saturated carbocycles. The highest BCUT2D eigenvalue weighted by atomic mass is 35.5. The first-order chi connectivity index (χ1) is 57.8. The van der Waals surface area contributed by atoms with Gasteiger partial charge in [-0.25, -0.2) is 9.59 Å². The molecule has 16 rings (SSSR count). The van der Waals surface area contributed by atoms with E-state index in [0.717, 1.165) is 86.7 Å². The monoisotopic (exact) mass is 1750 g/mol. The molecule has 6 fully saturated rings. The second kappa shape index (κ2) is 36.0. The molecule has 10 unspecified atom stereocenters. The Morgan fingerprint density at radius 2 is 1.22 bits per heavy atom. The molecular weight excluding hydrogens is 1650 g/mol. The molecule has 664 valence electrons. The number of benzene rings is 5. The highest BCUT2D eigenvalue weighted by Crippen LogP contribution is 2.55. The number of rotatable bonds is 15. The van der Waals surface area contributed by atoms with E-state index in [2.05, 4.69) is 47.9 Å². The van der Waals surface area contributed by atoms with E-state index in [9.17, 15) is 60.0 Å². The first kappa shape index (κ1) is 90.2. The molecule has 17 atom stereocenters. The van der Waals surface area contributed by atoms with Gasteiger partial charge in [-0.05, 0) is 212 Å². The van der Waals surface area contributed by atoms with Gasteiger partial charge in [0.25, 0.3) is 0 Å². The molecule has 0 spiro atoms. The molecule has 0 aromatic heterocycles. The lowest BCUT2D eigenvalue weighted by atomic mass is 9.54. The Hall–Kier alpha value is -10.5. The van der Waals surface area contributed by atoms with E-state index in [-0.39, 0.29) is 81.9 Å². The first-order valence-corrected chi connectivity index (χ1v) is 41.5. The van der Waals surface area contributed by atoms with Gasteiger partial charge in [0.05, 0.1) is 29.2 Å². The maximum absolute atomic E-state index is 16.5. The minimum Gasteiger partial charge on any atom is -0.508 e. The average Bonchev–Trinajstić information content (AvgIpc) is 0.754. The number of fused-ring (bicyclic) bond motifs is 15. The van der Waals surface area contributed by atoms with Crippen molar-refractivity contribution in [1.29, 1.82) is 0 Å². The molecule has 7 heterocycles. The van der Waals surface area contributed by atoms with Gasteiger partial charge in [-0.15, -0.1) is 0 Å². The van der Waals surface area contributed by atoms with Crippen LogP contribution in [-0.4, -0.2) is 197 Å². The molecule has 38 heteroatoms. The van der Waals surface area contributed by atoms with E-state index in [0.29, 0.717) is 11.8 Å². The molecule has 2 saturated heterocycles. The van der Waals surface area contributed by atoms with Crippen molar-refractivity contribution >= 4 is 82.6 Å². The van der Waals surface area contributed by atoms with Gasteiger partial charge in [-0.1, -0.05) is 55.2 Å². The van der Waals surface area contributed by atoms with E-state index in [4.69, 9.17) is 66.8 Å². The third-order valence-electron chi connectivity index (χ3n) is 23.1. The number of aliphatic hydroxyl groups is 5. The zero-order valence-corrected chi connectivity index (χ0v) is 70.5. The molecule has 15 bridgehead atoms. The quantitative estimate of drug-likeness (QED) is 0.0583. The lowest BCUT2D eigenvalue weighted by molar-refractivity contribution is -0.328. The van der Waals surface area contributed by atoms with Gasteiger partial charge < -0.3 is 132 Å². The summed E-state index contributed by atoms with van der Waals surface area (Å²) in [6.45, 7) is 15.6. The highest BCUT2D eigenvalue weighted by Gasteiger charge is 2.53. The van der Waals surface area contributed by atoms with Crippen LogP contribution in [0.5, 0.6) is 46.0 Å². The number of ether oxygens (including phenoxy) is 8. The van der Waals surface area contributed by atoms with Crippen LogP contribution >= 0.6 is 23.2 Å². The normalized spacial score (nSPS) is 30.2. The molecular formula is C85H104Cl2N10O26. The van der Waals surface area contributed by atoms with Crippen molar-refractivity contribution in [3.05, 3.63) is 117 Å². The van der Waals surface area contributed by atoms with Gasteiger partial charge in [0.2, 0.25) is 59.3 Å². The molecule has 7 aliphatic heterocycles. The molecule has 0 radical (unpaired) electrons. The maximum Gasteiger partial charge on any atom is 0.408 e. The number of phenols is 3. The molecule has 11 aliphatic rings. The van der Waals surface area contributed by atoms with Gasteiger partial charge in [0, 0.05) is 35.2 Å². The van der Waals surface area contributed by atoms with Crippen molar-refractivity contribution in [2.75, 3.05) is 6.61 Å². The highest BCUT2D eigenvalue weighted by molar-refractivity contribution is 6.32. The number of aromatic hydroxyl groups is 3. The van der Waals surface area contributed by atoms with Gasteiger partial charge in [0.1, 0.15) is 113 Å². The summed E-state index contributed by atoms with van der Waals surface area (Å²) in [7, 11) is 0. The number of carbonyl (C=O) groups is 10. The number of aliphatic hydroxyl groups excluding tert-OH is 5. The van der Waals surface area contributed by atoms with Gasteiger partial charge in [-0.3, -0.25) is 38.4 Å². The minimum absolute atomic E-state index is 0.0563. The number of nitrogens with one attached hydrogen (secondary N) is 9. The summed E-state index contributed by atoms with van der Waals surface area (Å²) in [5.74, 6) is -14.2. The SMILES string of the molecule is CC(C)CC(NC(=O)OC(C)(C)C)C(=O)N[C@H]1C(=O)N[C@@H](CC(N)=O)C(=O)N[C@H]2C(=O)N[C@H]3C(=O)N[C@@H](C(=O)NC(C(=O)NC4C5CC6CC(C5)CC4C6)c4cc(O)cc(O)c4-c4cc3ccc4O)[C@H](O)c3ccc(c(Cl)c3)Oc3cc2cc(c3OC2OC(CO)C(O)C(O)C2OC2CC(C)(NC(=O)OC(C)(C)C)CC(C)O2)Oc2ccc(cc2Cl)[C@H]1O. The van der Waals surface area contributed by atoms with Crippen molar-refractivity contribution in [3.8, 4) is 57.1 Å². The van der Waals surface area contributed by atoms with E-state index < -0.39 is 243 Å². The Bertz CT molecular complexity index is 4920. The number of phenolic OH excluding ortho intramolecular Hbond substituents is 3. The van der Waals surface area contributed by atoms with Crippen molar-refractivity contribution < 1.29 is 127 Å². The third kappa shape index (κ3) is 20.5. The summed E-state index contributed by atoms with van der Waals surface area (Å²) in [6, 6.07) is -0.678. The van der Waals surface area contributed by atoms with Gasteiger partial charge in [-0.2, -0.15) is 0 Å². The fraction of sp³-hybridized carbons (Fsp3) is 0.529. The molecule has 5 aromatic rings. The molecule has 10 amide bonds. The van der Waals surface area contributed by atoms with Crippen LogP contribution in [0.4, 0.5) is 9.59 Å². The Morgan fingerprint density at radius 1 is 0.634 bits per heavy atom. The summed E-state index contributed by atoms with van der Waals surface area (Å²) in [5.41, 5.74) is 0.420. The Morgan fingerprint density at radius 3 is 1.81 bits per heavy atom. The zero-order valence-electron chi connectivity index (χ0n) is 69.0. The van der Waals surface area contributed by atoms with Crippen molar-refractivity contribution in [2.45, 2.75) is 247 Å². The number of halogens is 2. The summed E-state index contributed by atoms with van der Waals surface area (Å²) in [6.07, 6.45) is -14.8. The Balaban J connectivity index is 0.998. The number of hydrogen-bond donors (Lipinski definition) is 18. The van der Waals surface area contributed by atoms with Crippen LogP contribution in [0.1, 0.15) is 185 Å². The van der Waals surface area contributed by atoms with Crippen LogP contribution in [0.3, 0.4) is 0 Å². The first-order valence-electron chi connectivity index (χ1n) is 40.8. The number of nitrogens with two attached hydrogens (primary N) is 1. The molecule has 5 aromatic carbocycles. The Kier molecular flexibility index (Phi) is 26.4. The second-order valence-corrected chi connectivity index (χ2v) is 36.6. The molecule has 4 aliphatic carbocycles. The topological polar surface area (TPSA) is 541 Å². The van der Waals surface area contributed by atoms with E-state index in [1.807, 2.05) is 0 Å². The summed E-state index contributed by atoms with van der Waals surface area (Å²) in [4.78, 5) is 150. The zero-order chi connectivity index (χ0) is 89.1. The van der Waals surface area contributed by atoms with Crippen LogP contribution in [-0.2, 0) is 62.0 Å². The fourth-order valence-electron chi connectivity index (χ4n) is 18.0. The predicted octanol–water partition coefficient (Wildman–Crippen LogP) is 5.86. The lowest BCUT2D eigenvalue weighted by Crippen LogP contribution is -2.63. The van der Waals surface area contributed by atoms with Crippen LogP contribution < -0.4 is 67.8 Å². The number of hydrogen-bond acceptors (Lipinski definition) is 26. The van der Waals surface area contributed by atoms with E-state index in [1.54, 1.807) is 69.2 Å². The van der Waals surface area contributed by atoms with Gasteiger partial charge >= 0.3 is 12.2 Å². The lowest BCUT2D eigenvalue weighted by Gasteiger charge is -2.54. The van der Waals surface area contributed by atoms with Crippen LogP contribution in [0.15, 0.2) is 78.9 Å². The van der Waals surface area contributed by atoms with Crippen LogP contribution in [0, 0.1) is 29.6 Å². The number of alkyl carbamates (subject to hydrolysis) is 2. The van der Waals surface area contributed by atoms with Crippen LogP contribution in [0.2, 0.25) is 10.0 Å². The maximum atomic E-state index is 16.5. The molecule has 19 N–H and O–H groups in total. The standard InChI is InChI=1S/C85H104Cl2N10O26/c1-34(2)17-49(90-81(114)122-83(4,5)6)73(107)95-65-67(103)39-12-15-53(47(86)24-39)117-55-26-43-27-56(71(55)121-80-72(70(106)69(105)57(33-98)119-80)120-59-32-85(10,31-35(3)116-59)97-82(115)123-84(7,8)9)118-54-16-13-40(25-48(54)87)68(104)66-79(113)94-64(77(111)91-61-41-19-36-18-37(21-41)22-42(61)20-36)46-28-44(99)29-52(101)60(46)45-23-38(11-14-51(45)100)62(75(109)96-66)93-76(110)63(43)92-74(108)50(30-58(88)102)89-78(65)112/h11-16,23-29,34-37,41-42,49-50,57,59,61-70,72,80,98-101,103-106H,17-22,30-33H2,1-10H3,(H2,88,102)(H,89,112)(H,90,114)(H,91,111)(H,92,108)(H,93,110)(H,94,113)(H,95,107)(H,96,109)(H,97,115)/t35?,36?,37?,41?,42?,49?,50-,57?,59?,61?,62+,63+,64?,65+,66+,67+,68+,69?,70?,72?,80?,85?/m0/s1. The average molecular weight is 1750 g/mol. The molecule has 36 nitrogen and oxygen atoms in total. The van der Waals surface area contributed by atoms with Crippen molar-refractivity contribution in [2.24, 2.45) is 35.3 Å². The molecule has 123 heavy (non-hydrogen) atoms. The number of amides is 10. The van der Waals surface area contributed by atoms with Gasteiger partial charge in [0.15, 0.2) is 23.9 Å². The Labute approximate surface area is 716 Å². The minimum atomic E-state index is -2.39. The largest absolute Gasteiger partial charge is 0.508 e. The summed E-state index contributed by atoms with van der Waals surface area (Å²) >= 11 is 14.5. The third-order valence-corrected chi connectivity index (χ3v) is 23.7. The smallest absolute Gasteiger partial charge is 0.408 e. The van der Waals surface area contributed by atoms with Crippen molar-refractivity contribution in [1.82, 2.24) is 47.9 Å². The fourth-order valence-corrected chi connectivity index (χ4v) is 18.4. The number of carbonyl (C=O) groups excluding carboxylic acids is 10. The van der Waals surface area contributed by atoms with Crippen LogP contribution in [0.25, 0.3) is 11.1 Å². The second-order valence-electron chi connectivity index (χ2n) is 35.7. The summed E-state index contributed by atoms with van der Waals surface area (Å²) < 4.78 is 50.6. The summed E-state index contributed by atoms with van der Waals surface area (Å²) in [5, 5.41) is 119. The van der Waals surface area contributed by atoms with E-state index in [1.165, 1.54) is 24.3 Å².